The number of sulfonamides is 1. The highest BCUT2D eigenvalue weighted by Crippen LogP contribution is 2.27. The lowest BCUT2D eigenvalue weighted by Crippen LogP contribution is -2.50. The van der Waals surface area contributed by atoms with E-state index in [1.807, 2.05) is 4.72 Å². The van der Waals surface area contributed by atoms with Gasteiger partial charge in [0.2, 0.25) is 21.9 Å². The maximum atomic E-state index is 15.0. The molecule has 47 heavy (non-hydrogen) atoms. The van der Waals surface area contributed by atoms with Crippen molar-refractivity contribution in [3.05, 3.63) is 40.6 Å². The number of piperidine rings is 1. The maximum absolute atomic E-state index is 15.0. The van der Waals surface area contributed by atoms with Crippen molar-refractivity contribution < 1.29 is 35.5 Å². The maximum Gasteiger partial charge on any atom is 0.410 e. The van der Waals surface area contributed by atoms with Crippen LogP contribution in [0.1, 0.15) is 60.4 Å². The van der Waals surface area contributed by atoms with Crippen LogP contribution in [0.4, 0.5) is 34.0 Å². The number of carbonyl (C=O) groups is 1. The summed E-state index contributed by atoms with van der Waals surface area (Å²) in [6.45, 7) is 9.07. The fraction of sp³-hybridized carbons (Fsp3) is 0.567. The minimum atomic E-state index is -4.28. The van der Waals surface area contributed by atoms with Crippen LogP contribution in [0, 0.1) is 11.7 Å². The Morgan fingerprint density at radius 1 is 1.15 bits per heavy atom. The van der Waals surface area contributed by atoms with Crippen molar-refractivity contribution in [1.82, 2.24) is 24.4 Å². The highest BCUT2D eigenvalue weighted by atomic mass is 32.2. The Hall–Kier alpha value is -4.02. The van der Waals surface area contributed by atoms with Gasteiger partial charge in [-0.3, -0.25) is 18.5 Å². The number of nitrogens with one attached hydrogen (secondary N) is 2. The van der Waals surface area contributed by atoms with Crippen LogP contribution in [0.2, 0.25) is 0 Å². The molecule has 0 bridgehead atoms. The first-order valence-corrected chi connectivity index (χ1v) is 16.7. The molecular weight excluding hydrogens is 646 g/mol. The van der Waals surface area contributed by atoms with E-state index in [0.717, 1.165) is 12.1 Å². The Balaban J connectivity index is 1.62. The number of benzene rings is 1. The van der Waals surface area contributed by atoms with Gasteiger partial charge in [-0.2, -0.15) is 4.98 Å². The molecule has 1 saturated heterocycles. The molecule has 0 unspecified atom stereocenters. The molecule has 17 heteroatoms. The molecule has 2 aromatic heterocycles. The van der Waals surface area contributed by atoms with Crippen LogP contribution in [0.3, 0.4) is 0 Å². The molecule has 3 aromatic rings. The third-order valence-corrected chi connectivity index (χ3v) is 8.48. The van der Waals surface area contributed by atoms with E-state index in [1.54, 1.807) is 34.6 Å². The van der Waals surface area contributed by atoms with Gasteiger partial charge in [0.25, 0.3) is 5.56 Å². The molecule has 0 spiro atoms. The Morgan fingerprint density at radius 3 is 2.45 bits per heavy atom. The van der Waals surface area contributed by atoms with Crippen LogP contribution in [-0.2, 0) is 14.8 Å². The minimum Gasteiger partial charge on any atom is -0.444 e. The normalized spacial score (nSPS) is 17.6. The molecule has 1 amide bonds. The lowest BCUT2D eigenvalue weighted by Gasteiger charge is -2.37. The summed E-state index contributed by atoms with van der Waals surface area (Å²) in [6.07, 6.45) is 0.264. The van der Waals surface area contributed by atoms with Crippen molar-refractivity contribution in [1.29, 1.82) is 0 Å². The molecule has 2 N–H and O–H groups in total. The van der Waals surface area contributed by atoms with E-state index in [9.17, 15) is 31.2 Å². The Morgan fingerprint density at radius 2 is 1.85 bits per heavy atom. The number of alkyl halides is 3. The number of fused-ring (bicyclic) bond motifs is 1. The summed E-state index contributed by atoms with van der Waals surface area (Å²) in [5.41, 5.74) is -1.55. The number of hydrogen-bond acceptors (Lipinski definition) is 9. The number of carbonyl (C=O) groups excluding carboxylic acids is 1. The zero-order valence-corrected chi connectivity index (χ0v) is 27.8. The van der Waals surface area contributed by atoms with Crippen LogP contribution in [0.15, 0.2) is 29.2 Å². The minimum absolute atomic E-state index is 0.0377. The molecule has 12 nitrogen and oxygen atoms in total. The summed E-state index contributed by atoms with van der Waals surface area (Å²) in [5, 5.41) is 3.14. The number of nitrogens with zero attached hydrogens (tertiary/aromatic N) is 5. The van der Waals surface area contributed by atoms with Crippen molar-refractivity contribution in [2.45, 2.75) is 78.0 Å². The molecule has 0 aliphatic carbocycles. The van der Waals surface area contributed by atoms with Gasteiger partial charge in [-0.1, -0.05) is 6.07 Å². The van der Waals surface area contributed by atoms with Crippen LogP contribution >= 0.6 is 0 Å². The molecule has 2 atom stereocenters. The zero-order chi connectivity index (χ0) is 34.9. The predicted molar refractivity (Wildman–Crippen MR) is 169 cm³/mol. The van der Waals surface area contributed by atoms with Crippen LogP contribution < -0.4 is 15.6 Å². The monoisotopic (exact) mass is 685 g/mol. The van der Waals surface area contributed by atoms with Gasteiger partial charge >= 0.3 is 6.09 Å². The lowest BCUT2D eigenvalue weighted by molar-refractivity contribution is 0.0138. The van der Waals surface area contributed by atoms with E-state index in [1.165, 1.54) is 21.7 Å². The van der Waals surface area contributed by atoms with Gasteiger partial charge in [0, 0.05) is 43.1 Å². The van der Waals surface area contributed by atoms with Gasteiger partial charge in [-0.05, 0) is 60.1 Å². The summed E-state index contributed by atoms with van der Waals surface area (Å²) in [6, 6.07) is 2.43. The third-order valence-electron chi connectivity index (χ3n) is 7.21. The number of ether oxygens (including phenoxy) is 1. The van der Waals surface area contributed by atoms with Gasteiger partial charge in [-0.15, -0.1) is 0 Å². The SMILES string of the molecule is CC(C)n1c(=O)c(-c2ccc(NS(=O)(=O)CCC(C)(F)F)c(F)c2)nc2cnc(N[C@H]3C[C@@H](CF)CN(C(=O)OC(C)(C)C)C3)nc21. The van der Waals surface area contributed by atoms with Crippen molar-refractivity contribution in [3.63, 3.8) is 0 Å². The van der Waals surface area contributed by atoms with E-state index >= 15 is 4.39 Å². The van der Waals surface area contributed by atoms with Gasteiger partial charge < -0.3 is 15.0 Å². The van der Waals surface area contributed by atoms with Crippen LogP contribution in [0.5, 0.6) is 0 Å². The molecule has 258 valence electrons. The lowest BCUT2D eigenvalue weighted by atomic mass is 9.95. The van der Waals surface area contributed by atoms with Gasteiger partial charge in [0.1, 0.15) is 22.6 Å². The van der Waals surface area contributed by atoms with Gasteiger partial charge in [-0.25, -0.2) is 36.4 Å². The average Bonchev–Trinajstić information content (AvgIpc) is 2.95. The smallest absolute Gasteiger partial charge is 0.410 e. The van der Waals surface area contributed by atoms with E-state index in [-0.39, 0.29) is 41.5 Å². The van der Waals surface area contributed by atoms with Gasteiger partial charge in [0.05, 0.1) is 24.3 Å². The standard InChI is InChI=1S/C30H39F4N7O5S/c1-17(2)41-25-23(14-35-27(38-25)36-20-11-18(13-31)15-40(16-20)28(43)46-29(3,4)5)37-24(26(41)42)19-7-8-22(21(32)12-19)39-47(44,45)10-9-30(6,33)34/h7-8,12,14,17-18,20,39H,9-11,13,15-16H2,1-6H3,(H,35,36,38)/t18-,20-/m0/s1. The number of rotatable bonds is 10. The fourth-order valence-electron chi connectivity index (χ4n) is 5.09. The van der Waals surface area contributed by atoms with E-state index in [0.29, 0.717) is 13.3 Å². The zero-order valence-electron chi connectivity index (χ0n) is 27.0. The second-order valence-electron chi connectivity index (χ2n) is 13.1. The summed E-state index contributed by atoms with van der Waals surface area (Å²) in [4.78, 5) is 41.0. The van der Waals surface area contributed by atoms with E-state index in [4.69, 9.17) is 4.74 Å². The third kappa shape index (κ3) is 9.29. The molecule has 1 aliphatic rings. The number of hydrogen-bond donors (Lipinski definition) is 2. The predicted octanol–water partition coefficient (Wildman–Crippen LogP) is 5.37. The Kier molecular flexibility index (Phi) is 10.4. The number of halogens is 4. The summed E-state index contributed by atoms with van der Waals surface area (Å²) < 4.78 is 88.3. The first-order valence-electron chi connectivity index (χ1n) is 15.0. The van der Waals surface area contributed by atoms with Crippen molar-refractivity contribution >= 4 is 38.9 Å². The largest absolute Gasteiger partial charge is 0.444 e. The Labute approximate surface area is 270 Å². The van der Waals surface area contributed by atoms with Crippen LogP contribution in [-0.4, -0.2) is 82.0 Å². The van der Waals surface area contributed by atoms with E-state index < -0.39 is 81.6 Å². The molecular formula is C30H39F4N7O5S. The summed E-state index contributed by atoms with van der Waals surface area (Å²) in [7, 11) is -4.28. The van der Waals surface area contributed by atoms with Crippen molar-refractivity contribution in [2.75, 3.05) is 35.6 Å². The molecule has 1 aliphatic heterocycles. The Bertz CT molecular complexity index is 1790. The second kappa shape index (κ2) is 13.6. The molecule has 0 saturated carbocycles. The van der Waals surface area contributed by atoms with Crippen LogP contribution in [0.25, 0.3) is 22.4 Å². The fourth-order valence-corrected chi connectivity index (χ4v) is 6.32. The number of amides is 1. The number of aromatic nitrogens is 4. The average molecular weight is 686 g/mol. The summed E-state index contributed by atoms with van der Waals surface area (Å²) >= 11 is 0. The van der Waals surface area contributed by atoms with Crippen molar-refractivity contribution in [3.8, 4) is 11.3 Å². The summed E-state index contributed by atoms with van der Waals surface area (Å²) in [5.74, 6) is -5.48. The number of likely N-dealkylation sites (tertiary alicyclic amines) is 1. The quantitative estimate of drug-likeness (QED) is 0.269. The molecule has 3 heterocycles. The molecule has 4 rings (SSSR count). The first-order chi connectivity index (χ1) is 21.7. The second-order valence-corrected chi connectivity index (χ2v) is 14.9. The highest BCUT2D eigenvalue weighted by Gasteiger charge is 2.33. The van der Waals surface area contributed by atoms with E-state index in [2.05, 4.69) is 20.3 Å². The van der Waals surface area contributed by atoms with Crippen molar-refractivity contribution in [2.24, 2.45) is 5.92 Å². The van der Waals surface area contributed by atoms with Gasteiger partial charge in [0.15, 0.2) is 5.65 Å². The molecule has 0 radical (unpaired) electrons. The highest BCUT2D eigenvalue weighted by molar-refractivity contribution is 7.92. The molecule has 1 fully saturated rings. The first kappa shape index (κ1) is 35.8. The number of anilines is 2. The molecule has 1 aromatic carbocycles. The topological polar surface area (TPSA) is 148 Å².